The van der Waals surface area contributed by atoms with Gasteiger partial charge in [0.05, 0.1) is 11.3 Å². The molecule has 3 rings (SSSR count). The number of pyridine rings is 1. The summed E-state index contributed by atoms with van der Waals surface area (Å²) in [5, 5.41) is 0. The molecule has 1 aromatic heterocycles. The van der Waals surface area contributed by atoms with Gasteiger partial charge in [0.15, 0.2) is 18.2 Å². The van der Waals surface area contributed by atoms with Gasteiger partial charge in [-0.2, -0.15) is 8.42 Å². The maximum atomic E-state index is 12.3. The van der Waals surface area contributed by atoms with Crippen molar-refractivity contribution in [3.8, 4) is 11.1 Å². The molecule has 6 heteroatoms. The Bertz CT molecular complexity index is 827. The second-order valence-electron chi connectivity index (χ2n) is 5.02. The third-order valence-corrected chi connectivity index (χ3v) is 4.35. The number of fused-ring (bicyclic) bond motifs is 3. The largest absolute Gasteiger partial charge is 0.288 e. The zero-order chi connectivity index (χ0) is 15.0. The third-order valence-electron chi connectivity index (χ3n) is 3.54. The fourth-order valence-corrected chi connectivity index (χ4v) is 3.08. The molecule has 1 N–H and O–H groups in total. The molecule has 0 unspecified atom stereocenters. The summed E-state index contributed by atoms with van der Waals surface area (Å²) < 4.78 is 31.9. The van der Waals surface area contributed by atoms with E-state index in [1.54, 1.807) is 16.8 Å². The molecule has 0 aliphatic heterocycles. The van der Waals surface area contributed by atoms with Gasteiger partial charge in [-0.05, 0) is 5.56 Å². The summed E-state index contributed by atoms with van der Waals surface area (Å²) >= 11 is 0. The number of hydrogen-bond acceptors (Lipinski definition) is 3. The highest BCUT2D eigenvalue weighted by molar-refractivity contribution is 7.85. The van der Waals surface area contributed by atoms with Gasteiger partial charge in [0.2, 0.25) is 0 Å². The molecular weight excluding hydrogens is 290 g/mol. The van der Waals surface area contributed by atoms with E-state index in [4.69, 9.17) is 4.55 Å². The van der Waals surface area contributed by atoms with Crippen LogP contribution in [0.5, 0.6) is 0 Å². The van der Waals surface area contributed by atoms with Crippen LogP contribution in [-0.4, -0.2) is 24.5 Å². The van der Waals surface area contributed by atoms with Gasteiger partial charge in [-0.15, -0.1) is 0 Å². The standard InChI is InChI=1S/C15H13NO4S/c17-15-13-5-2-1-4-11(13)12-6-8-16(10-14(12)15)7-3-9-21(18,19)20/h1-2,4-6,8,10H,3,7,9H2/p+1. The lowest BCUT2D eigenvalue weighted by atomic mass is 10.1. The first-order chi connectivity index (χ1) is 9.96. The molecule has 0 bridgehead atoms. The summed E-state index contributed by atoms with van der Waals surface area (Å²) in [4.78, 5) is 12.3. The van der Waals surface area contributed by atoms with Gasteiger partial charge in [0.1, 0.15) is 6.54 Å². The van der Waals surface area contributed by atoms with Crippen LogP contribution in [0.15, 0.2) is 42.7 Å². The Labute approximate surface area is 122 Å². The van der Waals surface area contributed by atoms with Crippen molar-refractivity contribution in [3.05, 3.63) is 53.9 Å². The van der Waals surface area contributed by atoms with Gasteiger partial charge in [-0.1, -0.05) is 24.3 Å². The molecule has 1 aliphatic carbocycles. The molecular formula is C15H14NO4S+. The Morgan fingerprint density at radius 1 is 1.00 bits per heavy atom. The molecule has 1 aromatic carbocycles. The summed E-state index contributed by atoms with van der Waals surface area (Å²) in [6.07, 6.45) is 3.85. The summed E-state index contributed by atoms with van der Waals surface area (Å²) in [5.41, 5.74) is 3.16. The van der Waals surface area contributed by atoms with Crippen LogP contribution in [0.4, 0.5) is 0 Å². The third kappa shape index (κ3) is 2.72. The lowest BCUT2D eigenvalue weighted by Crippen LogP contribution is -2.34. The average molecular weight is 304 g/mol. The number of aryl methyl sites for hydroxylation is 1. The van der Waals surface area contributed by atoms with Crippen LogP contribution in [0.25, 0.3) is 11.1 Å². The van der Waals surface area contributed by atoms with Gasteiger partial charge >= 0.3 is 0 Å². The van der Waals surface area contributed by atoms with Crippen LogP contribution in [0.2, 0.25) is 0 Å². The quantitative estimate of drug-likeness (QED) is 0.585. The van der Waals surface area contributed by atoms with E-state index in [1.807, 2.05) is 30.5 Å². The Kier molecular flexibility index (Phi) is 3.35. The second-order valence-corrected chi connectivity index (χ2v) is 6.60. The lowest BCUT2D eigenvalue weighted by Gasteiger charge is -2.00. The number of aromatic nitrogens is 1. The van der Waals surface area contributed by atoms with Crippen molar-refractivity contribution in [3.63, 3.8) is 0 Å². The molecule has 0 saturated heterocycles. The predicted octanol–water partition coefficient (Wildman–Crippen LogP) is 1.46. The van der Waals surface area contributed by atoms with Gasteiger partial charge in [-0.25, -0.2) is 4.57 Å². The average Bonchev–Trinajstić information content (AvgIpc) is 2.72. The Balaban J connectivity index is 1.86. The van der Waals surface area contributed by atoms with E-state index in [2.05, 4.69) is 0 Å². The second kappa shape index (κ2) is 5.05. The maximum absolute atomic E-state index is 12.3. The molecule has 0 saturated carbocycles. The van der Waals surface area contributed by atoms with E-state index < -0.39 is 10.1 Å². The molecule has 21 heavy (non-hydrogen) atoms. The fraction of sp³-hybridized carbons (Fsp3) is 0.200. The van der Waals surface area contributed by atoms with Crippen LogP contribution in [-0.2, 0) is 16.7 Å². The molecule has 1 aliphatic rings. The van der Waals surface area contributed by atoms with Crippen LogP contribution in [0.1, 0.15) is 22.3 Å². The minimum absolute atomic E-state index is 0.00951. The summed E-state index contributed by atoms with van der Waals surface area (Å²) in [6.45, 7) is 0.427. The van der Waals surface area contributed by atoms with Gasteiger partial charge in [0.25, 0.3) is 10.1 Å². The number of ketones is 1. The molecule has 5 nitrogen and oxygen atoms in total. The minimum atomic E-state index is -3.94. The van der Waals surface area contributed by atoms with Gasteiger partial charge in [0, 0.05) is 23.6 Å². The number of carbonyl (C=O) groups excluding carboxylic acids is 1. The minimum Gasteiger partial charge on any atom is -0.288 e. The predicted molar refractivity (Wildman–Crippen MR) is 76.5 cm³/mol. The summed E-state index contributed by atoms with van der Waals surface area (Å²) in [6, 6.07) is 9.33. The van der Waals surface area contributed by atoms with Crippen molar-refractivity contribution in [2.45, 2.75) is 13.0 Å². The van der Waals surface area contributed by atoms with E-state index in [9.17, 15) is 13.2 Å². The van der Waals surface area contributed by atoms with E-state index >= 15 is 0 Å². The first kappa shape index (κ1) is 13.9. The van der Waals surface area contributed by atoms with Crippen LogP contribution >= 0.6 is 0 Å². The molecule has 0 atom stereocenters. The first-order valence-corrected chi connectivity index (χ1v) is 8.19. The molecule has 108 valence electrons. The number of carbonyl (C=O) groups is 1. The highest BCUT2D eigenvalue weighted by Crippen LogP contribution is 2.34. The number of nitrogens with zero attached hydrogens (tertiary/aromatic N) is 1. The Hall–Kier alpha value is -2.05. The molecule has 0 fully saturated rings. The Morgan fingerprint density at radius 2 is 1.67 bits per heavy atom. The van der Waals surface area contributed by atoms with Crippen molar-refractivity contribution >= 4 is 15.9 Å². The van der Waals surface area contributed by atoms with Crippen molar-refractivity contribution in [2.75, 3.05) is 5.75 Å². The first-order valence-electron chi connectivity index (χ1n) is 6.58. The van der Waals surface area contributed by atoms with E-state index in [0.29, 0.717) is 24.1 Å². The van der Waals surface area contributed by atoms with Crippen LogP contribution in [0.3, 0.4) is 0 Å². The smallest absolute Gasteiger partial charge is 0.265 e. The normalized spacial score (nSPS) is 13.1. The van der Waals surface area contributed by atoms with Crippen molar-refractivity contribution in [1.29, 1.82) is 0 Å². The highest BCUT2D eigenvalue weighted by atomic mass is 32.2. The molecule has 0 amide bonds. The molecule has 0 radical (unpaired) electrons. The number of rotatable bonds is 4. The zero-order valence-electron chi connectivity index (χ0n) is 11.2. The zero-order valence-corrected chi connectivity index (χ0v) is 12.0. The van der Waals surface area contributed by atoms with E-state index in [1.165, 1.54) is 0 Å². The summed E-state index contributed by atoms with van der Waals surface area (Å²) in [7, 11) is -3.94. The lowest BCUT2D eigenvalue weighted by molar-refractivity contribution is -0.696. The number of benzene rings is 1. The fourth-order valence-electron chi connectivity index (χ4n) is 2.58. The van der Waals surface area contributed by atoms with E-state index in [0.717, 1.165) is 11.1 Å². The van der Waals surface area contributed by atoms with Crippen LogP contribution in [0, 0.1) is 0 Å². The molecule has 2 aromatic rings. The molecule has 0 spiro atoms. The topological polar surface area (TPSA) is 75.3 Å². The Morgan fingerprint density at radius 3 is 2.38 bits per heavy atom. The number of hydrogen-bond donors (Lipinski definition) is 1. The SMILES string of the molecule is O=C1c2ccccc2-c2cc[n+](CCCS(=O)(=O)O)cc21. The van der Waals surface area contributed by atoms with Crippen molar-refractivity contribution in [1.82, 2.24) is 0 Å². The van der Waals surface area contributed by atoms with E-state index in [-0.39, 0.29) is 11.5 Å². The molecule has 1 heterocycles. The maximum Gasteiger partial charge on any atom is 0.265 e. The van der Waals surface area contributed by atoms with Gasteiger partial charge < -0.3 is 0 Å². The highest BCUT2D eigenvalue weighted by Gasteiger charge is 2.28. The summed E-state index contributed by atoms with van der Waals surface area (Å²) in [5.74, 6) is -0.296. The van der Waals surface area contributed by atoms with Crippen molar-refractivity contribution < 1.29 is 22.3 Å². The van der Waals surface area contributed by atoms with Crippen molar-refractivity contribution in [2.24, 2.45) is 0 Å². The van der Waals surface area contributed by atoms with Gasteiger partial charge in [-0.3, -0.25) is 9.35 Å². The van der Waals surface area contributed by atoms with Crippen LogP contribution < -0.4 is 4.57 Å². The monoisotopic (exact) mass is 304 g/mol.